The quantitative estimate of drug-likeness (QED) is 0.770. The second kappa shape index (κ2) is 3.94. The van der Waals surface area contributed by atoms with Crippen molar-refractivity contribution >= 4 is 23.1 Å². The highest BCUT2D eigenvalue weighted by atomic mass is 32.1. The maximum atomic E-state index is 12.3. The minimum atomic E-state index is 0.341. The Morgan fingerprint density at radius 1 is 1.35 bits per heavy atom. The van der Waals surface area contributed by atoms with Crippen LogP contribution < -0.4 is 5.73 Å². The predicted octanol–water partition coefficient (Wildman–Crippen LogP) is 1.41. The monoisotopic (exact) mass is 252 g/mol. The molecule has 0 saturated heterocycles. The van der Waals surface area contributed by atoms with Gasteiger partial charge in [-0.25, -0.2) is 0 Å². The summed E-state index contributed by atoms with van der Waals surface area (Å²) in [4.78, 5) is 14.6. The van der Waals surface area contributed by atoms with E-state index < -0.39 is 0 Å². The molecule has 0 aromatic rings. The van der Waals surface area contributed by atoms with Crippen molar-refractivity contribution in [2.45, 2.75) is 25.7 Å². The normalized spacial score (nSPS) is 41.1. The van der Waals surface area contributed by atoms with E-state index in [0.29, 0.717) is 29.8 Å². The molecule has 17 heavy (non-hydrogen) atoms. The van der Waals surface area contributed by atoms with Gasteiger partial charge in [0.15, 0.2) is 0 Å². The summed E-state index contributed by atoms with van der Waals surface area (Å²) in [5.41, 5.74) is 5.47. The molecule has 3 aliphatic rings. The fourth-order valence-corrected chi connectivity index (χ4v) is 4.39. The Labute approximate surface area is 108 Å². The fraction of sp³-hybridized carbons (Fsp3) is 0.846. The van der Waals surface area contributed by atoms with E-state index in [9.17, 15) is 4.79 Å². The average molecular weight is 252 g/mol. The molecular weight excluding hydrogens is 232 g/mol. The van der Waals surface area contributed by atoms with E-state index in [1.54, 1.807) is 0 Å². The Morgan fingerprint density at radius 3 is 2.47 bits per heavy atom. The zero-order chi connectivity index (χ0) is 12.2. The molecule has 1 amide bonds. The first-order valence-electron chi connectivity index (χ1n) is 6.63. The first kappa shape index (κ1) is 11.5. The number of amides is 1. The lowest BCUT2D eigenvalue weighted by molar-refractivity contribution is -0.132. The largest absolute Gasteiger partial charge is 0.393 e. The van der Waals surface area contributed by atoms with Gasteiger partial charge in [-0.05, 0) is 42.9 Å². The van der Waals surface area contributed by atoms with E-state index in [4.69, 9.17) is 18.0 Å². The number of nitrogens with zero attached hydrogens (tertiary/aromatic N) is 1. The van der Waals surface area contributed by atoms with Crippen molar-refractivity contribution in [3.05, 3.63) is 0 Å². The van der Waals surface area contributed by atoms with Gasteiger partial charge in [0, 0.05) is 25.9 Å². The molecule has 3 fully saturated rings. The molecule has 4 unspecified atom stereocenters. The van der Waals surface area contributed by atoms with Crippen molar-refractivity contribution in [3.63, 3.8) is 0 Å². The van der Waals surface area contributed by atoms with Gasteiger partial charge in [-0.2, -0.15) is 0 Å². The molecule has 0 heterocycles. The van der Waals surface area contributed by atoms with Crippen LogP contribution in [0.2, 0.25) is 0 Å². The smallest absolute Gasteiger partial charge is 0.226 e. The SMILES string of the molecule is CN(CCC(N)=S)C(=O)C1C2C3CCC(C3)C12. The van der Waals surface area contributed by atoms with Gasteiger partial charge in [0.1, 0.15) is 0 Å². The van der Waals surface area contributed by atoms with Crippen LogP contribution in [-0.4, -0.2) is 29.4 Å². The molecule has 3 saturated carbocycles. The van der Waals surface area contributed by atoms with Gasteiger partial charge in [0.2, 0.25) is 5.91 Å². The van der Waals surface area contributed by atoms with Gasteiger partial charge >= 0.3 is 0 Å². The maximum absolute atomic E-state index is 12.3. The van der Waals surface area contributed by atoms with E-state index in [-0.39, 0.29) is 0 Å². The zero-order valence-corrected chi connectivity index (χ0v) is 11.1. The van der Waals surface area contributed by atoms with Crippen LogP contribution in [0.15, 0.2) is 0 Å². The zero-order valence-electron chi connectivity index (χ0n) is 10.3. The number of carbonyl (C=O) groups is 1. The maximum Gasteiger partial charge on any atom is 0.226 e. The second-order valence-corrected chi connectivity index (χ2v) is 6.51. The Hall–Kier alpha value is -0.640. The first-order valence-corrected chi connectivity index (χ1v) is 7.03. The van der Waals surface area contributed by atoms with Crippen LogP contribution in [0.25, 0.3) is 0 Å². The number of rotatable bonds is 4. The highest BCUT2D eigenvalue weighted by Gasteiger charge is 2.67. The van der Waals surface area contributed by atoms with E-state index in [1.807, 2.05) is 11.9 Å². The van der Waals surface area contributed by atoms with Crippen LogP contribution in [0.5, 0.6) is 0 Å². The van der Waals surface area contributed by atoms with E-state index in [0.717, 1.165) is 23.7 Å². The Kier molecular flexibility index (Phi) is 2.65. The van der Waals surface area contributed by atoms with E-state index >= 15 is 0 Å². The van der Waals surface area contributed by atoms with Crippen LogP contribution in [0.3, 0.4) is 0 Å². The van der Waals surface area contributed by atoms with Crippen molar-refractivity contribution in [2.75, 3.05) is 13.6 Å². The molecule has 4 atom stereocenters. The van der Waals surface area contributed by atoms with Gasteiger partial charge in [-0.1, -0.05) is 12.2 Å². The average Bonchev–Trinajstić information content (AvgIpc) is 2.73. The van der Waals surface area contributed by atoms with Crippen LogP contribution in [0.1, 0.15) is 25.7 Å². The van der Waals surface area contributed by atoms with Crippen molar-refractivity contribution < 1.29 is 4.79 Å². The van der Waals surface area contributed by atoms with E-state index in [1.165, 1.54) is 19.3 Å². The van der Waals surface area contributed by atoms with Gasteiger partial charge in [0.05, 0.1) is 4.99 Å². The number of hydrogen-bond donors (Lipinski definition) is 1. The molecular formula is C13H20N2OS. The molecule has 4 heteroatoms. The molecule has 3 aliphatic carbocycles. The molecule has 2 N–H and O–H groups in total. The van der Waals surface area contributed by atoms with Crippen molar-refractivity contribution in [1.82, 2.24) is 4.90 Å². The van der Waals surface area contributed by atoms with Crippen LogP contribution in [0, 0.1) is 29.6 Å². The topological polar surface area (TPSA) is 46.3 Å². The highest BCUT2D eigenvalue weighted by Crippen LogP contribution is 2.69. The molecule has 0 aromatic heterocycles. The molecule has 3 nitrogen and oxygen atoms in total. The summed E-state index contributed by atoms with van der Waals surface area (Å²) in [5, 5.41) is 0. The van der Waals surface area contributed by atoms with Gasteiger partial charge < -0.3 is 10.6 Å². The lowest BCUT2D eigenvalue weighted by Gasteiger charge is -2.18. The van der Waals surface area contributed by atoms with Crippen LogP contribution in [0.4, 0.5) is 0 Å². The standard InChI is InChI=1S/C13H20N2OS/c1-15(5-4-9(14)17)13(16)12-10-7-2-3-8(6-7)11(10)12/h7-8,10-12H,2-6H2,1H3,(H2,14,17). The minimum absolute atomic E-state index is 0.341. The third kappa shape index (κ3) is 1.77. The highest BCUT2D eigenvalue weighted by molar-refractivity contribution is 7.80. The van der Waals surface area contributed by atoms with Crippen molar-refractivity contribution in [3.8, 4) is 0 Å². The predicted molar refractivity (Wildman–Crippen MR) is 70.3 cm³/mol. The number of fused-ring (bicyclic) bond motifs is 5. The summed E-state index contributed by atoms with van der Waals surface area (Å²) in [6.45, 7) is 0.680. The van der Waals surface area contributed by atoms with Gasteiger partial charge in [-0.3, -0.25) is 4.79 Å². The molecule has 94 valence electrons. The van der Waals surface area contributed by atoms with Gasteiger partial charge in [0.25, 0.3) is 0 Å². The third-order valence-corrected chi connectivity index (χ3v) is 5.29. The lowest BCUT2D eigenvalue weighted by Crippen LogP contribution is -2.32. The molecule has 2 bridgehead atoms. The summed E-state index contributed by atoms with van der Waals surface area (Å²) in [7, 11) is 1.89. The summed E-state index contributed by atoms with van der Waals surface area (Å²) in [6, 6.07) is 0. The summed E-state index contributed by atoms with van der Waals surface area (Å²) < 4.78 is 0. The summed E-state index contributed by atoms with van der Waals surface area (Å²) >= 11 is 4.85. The Morgan fingerprint density at radius 2 is 1.94 bits per heavy atom. The fourth-order valence-electron chi connectivity index (χ4n) is 4.30. The number of hydrogen-bond acceptors (Lipinski definition) is 2. The molecule has 0 radical (unpaired) electrons. The third-order valence-electron chi connectivity index (χ3n) is 5.09. The van der Waals surface area contributed by atoms with Crippen LogP contribution in [-0.2, 0) is 4.79 Å². The first-order chi connectivity index (χ1) is 8.09. The molecule has 3 rings (SSSR count). The minimum Gasteiger partial charge on any atom is -0.393 e. The molecule has 0 spiro atoms. The number of nitrogens with two attached hydrogens (primary N) is 1. The van der Waals surface area contributed by atoms with Crippen molar-refractivity contribution in [1.29, 1.82) is 0 Å². The second-order valence-electron chi connectivity index (χ2n) is 5.99. The lowest BCUT2D eigenvalue weighted by atomic mass is 10.0. The molecule has 0 aromatic carbocycles. The number of thiocarbonyl (C=S) groups is 1. The van der Waals surface area contributed by atoms with Gasteiger partial charge in [-0.15, -0.1) is 0 Å². The Bertz CT molecular complexity index is 354. The summed E-state index contributed by atoms with van der Waals surface area (Å²) in [5.74, 6) is 3.87. The van der Waals surface area contributed by atoms with Crippen molar-refractivity contribution in [2.24, 2.45) is 35.3 Å². The summed E-state index contributed by atoms with van der Waals surface area (Å²) in [6.07, 6.45) is 4.78. The van der Waals surface area contributed by atoms with Crippen LogP contribution >= 0.6 is 12.2 Å². The molecule has 0 aliphatic heterocycles. The Balaban J connectivity index is 1.56. The van der Waals surface area contributed by atoms with E-state index in [2.05, 4.69) is 0 Å². The number of carbonyl (C=O) groups excluding carboxylic acids is 1.